The Morgan fingerprint density at radius 2 is 1.67 bits per heavy atom. The molecule has 0 aliphatic carbocycles. The van der Waals surface area contributed by atoms with E-state index in [9.17, 15) is 14.9 Å². The third-order valence-corrected chi connectivity index (χ3v) is 6.20. The van der Waals surface area contributed by atoms with Gasteiger partial charge in [0, 0.05) is 42.0 Å². The molecule has 1 fully saturated rings. The summed E-state index contributed by atoms with van der Waals surface area (Å²) < 4.78 is 5.92. The Balaban J connectivity index is 1.51. The van der Waals surface area contributed by atoms with Crippen LogP contribution >= 0.6 is 0 Å². The van der Waals surface area contributed by atoms with Crippen LogP contribution in [0.2, 0.25) is 0 Å². The number of hydrogen-bond acceptors (Lipinski definition) is 5. The van der Waals surface area contributed by atoms with E-state index in [0.29, 0.717) is 16.9 Å². The number of rotatable bonds is 8. The van der Waals surface area contributed by atoms with E-state index in [1.54, 1.807) is 48.5 Å². The van der Waals surface area contributed by atoms with Gasteiger partial charge in [-0.2, -0.15) is 0 Å². The van der Waals surface area contributed by atoms with Crippen LogP contribution in [-0.2, 0) is 0 Å². The maximum absolute atomic E-state index is 12.6. The number of nitrogens with zero attached hydrogens (tertiary/aromatic N) is 2. The van der Waals surface area contributed by atoms with Crippen LogP contribution in [0.3, 0.4) is 0 Å². The van der Waals surface area contributed by atoms with Crippen LogP contribution in [0.1, 0.15) is 48.5 Å². The molecule has 0 unspecified atom stereocenters. The second kappa shape index (κ2) is 10.3. The van der Waals surface area contributed by atoms with Crippen LogP contribution in [-0.4, -0.2) is 23.8 Å². The first-order valence-corrected chi connectivity index (χ1v) is 11.5. The van der Waals surface area contributed by atoms with Crippen molar-refractivity contribution in [3.8, 4) is 11.5 Å². The number of benzene rings is 3. The monoisotopic (exact) mass is 444 g/mol. The summed E-state index contributed by atoms with van der Waals surface area (Å²) in [5, 5.41) is 11.6. The zero-order chi connectivity index (χ0) is 23.2. The van der Waals surface area contributed by atoms with E-state index in [-0.39, 0.29) is 17.2 Å². The molecule has 6 nitrogen and oxygen atoms in total. The van der Waals surface area contributed by atoms with Gasteiger partial charge < -0.3 is 9.64 Å². The average molecular weight is 445 g/mol. The molecule has 170 valence electrons. The zero-order valence-corrected chi connectivity index (χ0v) is 18.8. The maximum Gasteiger partial charge on any atom is 0.311 e. The first-order chi connectivity index (χ1) is 16.0. The molecule has 4 rings (SSSR count). The summed E-state index contributed by atoms with van der Waals surface area (Å²) in [5.74, 6) is 1.33. The molecule has 0 atom stereocenters. The first kappa shape index (κ1) is 22.5. The van der Waals surface area contributed by atoms with Crippen molar-refractivity contribution < 1.29 is 14.5 Å². The highest BCUT2D eigenvalue weighted by Crippen LogP contribution is 2.36. The fraction of sp³-hybridized carbons (Fsp3) is 0.296. The fourth-order valence-corrected chi connectivity index (χ4v) is 4.38. The van der Waals surface area contributed by atoms with Crippen molar-refractivity contribution in [2.24, 2.45) is 5.92 Å². The number of ether oxygens (including phenoxy) is 1. The molecule has 1 heterocycles. The van der Waals surface area contributed by atoms with Gasteiger partial charge in [-0.25, -0.2) is 0 Å². The van der Waals surface area contributed by atoms with Crippen molar-refractivity contribution in [3.63, 3.8) is 0 Å². The van der Waals surface area contributed by atoms with Gasteiger partial charge in [0.15, 0.2) is 5.78 Å². The SMILES string of the molecule is CCCC1CCN(c2ccc([N+](=O)[O-])c(Oc3ccc(C(=O)c4ccccc4)cc3)c2)CC1. The Bertz CT molecular complexity index is 1100. The standard InChI is InChI=1S/C27H28N2O4/c1-2-6-20-15-17-28(18-16-20)23-11-14-25(29(31)32)26(19-23)33-24-12-9-22(10-13-24)27(30)21-7-4-3-5-8-21/h3-5,7-14,19-20H,2,6,15-18H2,1H3. The molecule has 0 amide bonds. The zero-order valence-electron chi connectivity index (χ0n) is 18.8. The minimum Gasteiger partial charge on any atom is -0.450 e. The van der Waals surface area contributed by atoms with Crippen LogP contribution in [0.15, 0.2) is 72.8 Å². The molecule has 33 heavy (non-hydrogen) atoms. The van der Waals surface area contributed by atoms with E-state index < -0.39 is 4.92 Å². The maximum atomic E-state index is 12.6. The van der Waals surface area contributed by atoms with Gasteiger partial charge in [0.05, 0.1) is 4.92 Å². The minimum absolute atomic E-state index is 0.0796. The Morgan fingerprint density at radius 1 is 1.00 bits per heavy atom. The highest BCUT2D eigenvalue weighted by atomic mass is 16.6. The van der Waals surface area contributed by atoms with Gasteiger partial charge in [-0.15, -0.1) is 0 Å². The Kier molecular flexibility index (Phi) is 7.03. The lowest BCUT2D eigenvalue weighted by Crippen LogP contribution is -2.33. The number of piperidine rings is 1. The van der Waals surface area contributed by atoms with Gasteiger partial charge in [0.2, 0.25) is 5.75 Å². The van der Waals surface area contributed by atoms with Crippen LogP contribution in [0.25, 0.3) is 0 Å². The number of nitro groups is 1. The van der Waals surface area contributed by atoms with E-state index >= 15 is 0 Å². The molecule has 3 aromatic rings. The summed E-state index contributed by atoms with van der Waals surface area (Å²) in [5.41, 5.74) is 1.99. The quantitative estimate of drug-likeness (QED) is 0.221. The summed E-state index contributed by atoms with van der Waals surface area (Å²) >= 11 is 0. The van der Waals surface area contributed by atoms with Crippen LogP contribution in [0, 0.1) is 16.0 Å². The smallest absolute Gasteiger partial charge is 0.311 e. The van der Waals surface area contributed by atoms with Crippen LogP contribution in [0.5, 0.6) is 11.5 Å². The lowest BCUT2D eigenvalue weighted by molar-refractivity contribution is -0.385. The van der Waals surface area contributed by atoms with E-state index in [0.717, 1.165) is 37.5 Å². The van der Waals surface area contributed by atoms with Crippen LogP contribution in [0.4, 0.5) is 11.4 Å². The molecule has 0 N–H and O–H groups in total. The van der Waals surface area contributed by atoms with Crippen LogP contribution < -0.4 is 9.64 Å². The second-order valence-electron chi connectivity index (χ2n) is 8.45. The number of anilines is 1. The number of ketones is 1. The lowest BCUT2D eigenvalue weighted by atomic mass is 9.92. The number of nitro benzene ring substituents is 1. The van der Waals surface area contributed by atoms with Gasteiger partial charge in [-0.3, -0.25) is 14.9 Å². The van der Waals surface area contributed by atoms with Gasteiger partial charge in [0.25, 0.3) is 0 Å². The molecule has 6 heteroatoms. The number of carbonyl (C=O) groups excluding carboxylic acids is 1. The molecule has 0 spiro atoms. The van der Waals surface area contributed by atoms with Gasteiger partial charge in [-0.1, -0.05) is 50.1 Å². The first-order valence-electron chi connectivity index (χ1n) is 11.5. The van der Waals surface area contributed by atoms with Gasteiger partial charge in [0.1, 0.15) is 5.75 Å². The summed E-state index contributed by atoms with van der Waals surface area (Å²) in [6, 6.07) is 20.8. The predicted octanol–water partition coefficient (Wildman–Crippen LogP) is 6.63. The van der Waals surface area contributed by atoms with Gasteiger partial charge in [-0.05, 0) is 49.1 Å². The van der Waals surface area contributed by atoms with Gasteiger partial charge >= 0.3 is 5.69 Å². The topological polar surface area (TPSA) is 72.7 Å². The van der Waals surface area contributed by atoms with E-state index in [1.807, 2.05) is 18.2 Å². The molecule has 1 aliphatic heterocycles. The Morgan fingerprint density at radius 3 is 2.30 bits per heavy atom. The van der Waals surface area contributed by atoms with Crippen molar-refractivity contribution in [1.29, 1.82) is 0 Å². The molecule has 0 aromatic heterocycles. The average Bonchev–Trinajstić information content (AvgIpc) is 2.85. The Labute approximate surface area is 194 Å². The second-order valence-corrected chi connectivity index (χ2v) is 8.45. The van der Waals surface area contributed by atoms with E-state index in [2.05, 4.69) is 11.8 Å². The number of carbonyl (C=O) groups is 1. The highest BCUT2D eigenvalue weighted by molar-refractivity contribution is 6.08. The van der Waals surface area contributed by atoms with Crippen molar-refractivity contribution in [3.05, 3.63) is 94.0 Å². The summed E-state index contributed by atoms with van der Waals surface area (Å²) in [6.45, 7) is 4.10. The third-order valence-electron chi connectivity index (χ3n) is 6.20. The predicted molar refractivity (Wildman–Crippen MR) is 129 cm³/mol. The largest absolute Gasteiger partial charge is 0.450 e. The summed E-state index contributed by atoms with van der Waals surface area (Å²) in [7, 11) is 0. The lowest BCUT2D eigenvalue weighted by Gasteiger charge is -2.33. The number of hydrogen-bond donors (Lipinski definition) is 0. The molecular formula is C27H28N2O4. The van der Waals surface area contributed by atoms with E-state index in [4.69, 9.17) is 4.74 Å². The van der Waals surface area contributed by atoms with Crippen molar-refractivity contribution in [2.75, 3.05) is 18.0 Å². The molecule has 0 radical (unpaired) electrons. The molecule has 0 bridgehead atoms. The minimum atomic E-state index is -0.431. The fourth-order valence-electron chi connectivity index (χ4n) is 4.38. The molecule has 1 aliphatic rings. The molecule has 3 aromatic carbocycles. The van der Waals surface area contributed by atoms with Crippen molar-refractivity contribution in [1.82, 2.24) is 0 Å². The summed E-state index contributed by atoms with van der Waals surface area (Å²) in [4.78, 5) is 26.0. The third kappa shape index (κ3) is 5.40. The van der Waals surface area contributed by atoms with Crippen molar-refractivity contribution >= 4 is 17.2 Å². The summed E-state index contributed by atoms with van der Waals surface area (Å²) in [6.07, 6.45) is 4.73. The molecular weight excluding hydrogens is 416 g/mol. The molecule has 1 saturated heterocycles. The van der Waals surface area contributed by atoms with E-state index in [1.165, 1.54) is 18.9 Å². The highest BCUT2D eigenvalue weighted by Gasteiger charge is 2.22. The normalized spacial score (nSPS) is 14.2. The van der Waals surface area contributed by atoms with Crippen molar-refractivity contribution in [2.45, 2.75) is 32.6 Å². The Hall–Kier alpha value is -3.67. The molecule has 0 saturated carbocycles.